The van der Waals surface area contributed by atoms with Crippen molar-refractivity contribution in [1.82, 2.24) is 55.6 Å². The van der Waals surface area contributed by atoms with E-state index in [1.165, 1.54) is 70.6 Å². The third-order valence-electron chi connectivity index (χ3n) is 13.2. The fourth-order valence-corrected chi connectivity index (χ4v) is 7.37. The molecule has 5 aliphatic heterocycles. The minimum absolute atomic E-state index is 0.0130. The highest BCUT2D eigenvalue weighted by molar-refractivity contribution is 6.13. The Morgan fingerprint density at radius 3 is 1.33 bits per heavy atom. The summed E-state index contributed by atoms with van der Waals surface area (Å²) in [6, 6.07) is 0. The maximum Gasteiger partial charge on any atom is 0.419 e. The number of rotatable bonds is 22. The molecule has 0 radical (unpaired) electrons. The summed E-state index contributed by atoms with van der Waals surface area (Å²) in [7, 11) is 4.17. The van der Waals surface area contributed by atoms with Crippen LogP contribution >= 0.6 is 0 Å². The van der Waals surface area contributed by atoms with Gasteiger partial charge in [-0.05, 0) is 5.53 Å². The molecule has 2 saturated carbocycles. The van der Waals surface area contributed by atoms with E-state index in [1.807, 2.05) is 0 Å². The quantitative estimate of drug-likeness (QED) is 0.0173. The van der Waals surface area contributed by atoms with Crippen molar-refractivity contribution in [3.05, 3.63) is 46.6 Å². The second kappa shape index (κ2) is 53.5. The molecule has 1 aromatic rings. The number of aromatic nitrogens is 3. The van der Waals surface area contributed by atoms with E-state index in [4.69, 9.17) is 24.8 Å². The van der Waals surface area contributed by atoms with Crippen molar-refractivity contribution in [2.75, 3.05) is 73.8 Å². The van der Waals surface area contributed by atoms with Crippen LogP contribution in [-0.2, 0) is 85.4 Å². The number of amides is 13. The highest BCUT2D eigenvalue weighted by Crippen LogP contribution is 2.20. The molecule has 8 rings (SSSR count). The van der Waals surface area contributed by atoms with E-state index < -0.39 is 41.7 Å². The molecule has 3 saturated heterocycles. The van der Waals surface area contributed by atoms with Gasteiger partial charge in [0.1, 0.15) is 0 Å². The van der Waals surface area contributed by atoms with Crippen LogP contribution in [0.2, 0.25) is 0 Å². The summed E-state index contributed by atoms with van der Waals surface area (Å²) in [5.74, 6) is -0.602. The number of carbonyl (C=O) groups is 14. The number of terminal acetylenes is 3. The van der Waals surface area contributed by atoms with Crippen LogP contribution in [0.15, 0.2) is 40.6 Å². The SMILES string of the molecule is C#CCCN=C([O-])C(F)(F)F.C#CCCNC(=O)CCN1C(=O)C=CC1=O.C#CCCNC(=O)CCN1C(=O)CC(C)C1=O.C1CCC1.C1CCC1.CF.CF.CN=[N+]=[N-].Cn1cc(CCNC(=O)CCN2C(=O)CCC2=O)nn1.O=C(CCN1C(=O)C=CC1=O)ON1C(=O)CCC1=O. The van der Waals surface area contributed by atoms with Crippen LogP contribution in [0.5, 0.6) is 0 Å². The van der Waals surface area contributed by atoms with Gasteiger partial charge in [-0.25, -0.2) is 4.79 Å². The maximum atomic E-state index is 11.6. The Labute approximate surface area is 570 Å². The van der Waals surface area contributed by atoms with E-state index >= 15 is 0 Å². The molecule has 6 heterocycles. The molecule has 1 unspecified atom stereocenters. The van der Waals surface area contributed by atoms with Crippen molar-refractivity contribution in [3.63, 3.8) is 0 Å². The lowest BCUT2D eigenvalue weighted by Crippen LogP contribution is -2.35. The lowest BCUT2D eigenvalue weighted by molar-refractivity contribution is -0.262. The zero-order valence-corrected chi connectivity index (χ0v) is 56.0. The van der Waals surface area contributed by atoms with Crippen LogP contribution in [0, 0.1) is 42.9 Å². The number of likely N-dealkylation sites (tertiary alicyclic amines) is 2. The maximum absolute atomic E-state index is 11.6. The molecule has 5 fully saturated rings. The zero-order valence-electron chi connectivity index (χ0n) is 56.0. The minimum Gasteiger partial charge on any atom is -0.856 e. The molecule has 31 nitrogen and oxygen atoms in total. The first-order valence-corrected chi connectivity index (χ1v) is 30.9. The predicted octanol–water partition coefficient (Wildman–Crippen LogP) is 2.82. The summed E-state index contributed by atoms with van der Waals surface area (Å²) < 4.78 is 54.7. The highest BCUT2D eigenvalue weighted by Gasteiger charge is 2.36. The first-order chi connectivity index (χ1) is 47.1. The summed E-state index contributed by atoms with van der Waals surface area (Å²) >= 11 is 0. The van der Waals surface area contributed by atoms with Crippen molar-refractivity contribution >= 4 is 88.7 Å². The molecular weight excluding hydrogens is 1320 g/mol. The molecule has 1 aromatic heterocycles. The van der Waals surface area contributed by atoms with E-state index in [-0.39, 0.29) is 156 Å². The topological polar surface area (TPSA) is 415 Å². The molecule has 99 heavy (non-hydrogen) atoms. The van der Waals surface area contributed by atoms with Crippen LogP contribution in [0.4, 0.5) is 22.0 Å². The summed E-state index contributed by atoms with van der Waals surface area (Å²) in [5.41, 5.74) is 8.14. The van der Waals surface area contributed by atoms with Gasteiger partial charge in [-0.15, -0.1) is 47.2 Å². The molecule has 0 bridgehead atoms. The van der Waals surface area contributed by atoms with Crippen molar-refractivity contribution in [2.45, 2.75) is 148 Å². The van der Waals surface area contributed by atoms with Crippen LogP contribution < -0.4 is 21.1 Å². The molecule has 3 N–H and O–H groups in total. The van der Waals surface area contributed by atoms with Gasteiger partial charge in [-0.1, -0.05) is 68.6 Å². The molecule has 544 valence electrons. The lowest BCUT2D eigenvalue weighted by atomic mass is 10.0. The van der Waals surface area contributed by atoms with Crippen molar-refractivity contribution in [3.8, 4) is 37.0 Å². The lowest BCUT2D eigenvalue weighted by Gasteiger charge is -2.15. The number of aliphatic imine (C=N–C) groups is 1. The molecule has 0 spiro atoms. The number of hydroxylamine groups is 2. The molecule has 7 aliphatic rings. The normalized spacial score (nSPS) is 15.8. The Hall–Kier alpha value is -10.7. The number of halogens is 5. The Kier molecular flexibility index (Phi) is 48.8. The van der Waals surface area contributed by atoms with Gasteiger partial charge in [0.25, 0.3) is 35.4 Å². The molecule has 13 amide bonds. The molecule has 1 atom stereocenters. The average Bonchev–Trinajstić information content (AvgIpc) is 1.74. The standard InChI is InChI=1S/C12H17N5O3.C12H16N2O3.C11H10N2O6.C11H12N2O3.C6H6F3NO.2C4H8.2CH3F.CH3N3/c1-16-8-9(14-15-16)4-6-13-10(18)5-7-17-11(19)2-3-12(17)20;1-3-4-6-13-10(15)5-7-14-11(16)8-9(2)12(14)17;14-7-1-2-8(15)12(7)6-5-11(18)19-13-9(16)3-4-10(13)17;1-2-3-7-12-9(14)6-8-13-10(15)4-5-11(13)16;1-2-3-4-10-5(11)6(7,8)9;2*1-2-4-3-1;2*1-2;1-3-4-2/h8H,2-7H2,1H3,(H,13,18);1,9H,4-8H2,2H3,(H,13,15);1-2H,3-6H2;1,4-5H,3,6-8H2,(H,12,14);1H,3-4H2,(H,10,11);2*1-4H2;2*1H3;1H3/p-1. The summed E-state index contributed by atoms with van der Waals surface area (Å²) in [5, 5.41) is 29.0. The van der Waals surface area contributed by atoms with Gasteiger partial charge in [0.15, 0.2) is 0 Å². The number of aryl methyl sites for hydroxylation is 1. The van der Waals surface area contributed by atoms with Crippen LogP contribution in [0.25, 0.3) is 10.4 Å². The third-order valence-corrected chi connectivity index (χ3v) is 13.2. The summed E-state index contributed by atoms with van der Waals surface area (Å²) in [4.78, 5) is 172. The average molecular weight is 1400 g/mol. The molecule has 0 aromatic carbocycles. The highest BCUT2D eigenvalue weighted by atomic mass is 19.4. The minimum atomic E-state index is -4.87. The van der Waals surface area contributed by atoms with Gasteiger partial charge < -0.3 is 25.9 Å². The zero-order chi connectivity index (χ0) is 75.3. The van der Waals surface area contributed by atoms with E-state index in [9.17, 15) is 94.2 Å². The van der Waals surface area contributed by atoms with Gasteiger partial charge in [0.05, 0.1) is 32.4 Å². The largest absolute Gasteiger partial charge is 0.856 e. The van der Waals surface area contributed by atoms with Crippen LogP contribution in [0.1, 0.15) is 141 Å². The summed E-state index contributed by atoms with van der Waals surface area (Å²) in [6.45, 7) is 3.01. The fourth-order valence-electron chi connectivity index (χ4n) is 7.37. The van der Waals surface area contributed by atoms with Crippen LogP contribution in [0.3, 0.4) is 0 Å². The number of imide groups is 5. The number of nitrogens with zero attached hydrogens (tertiary/aromatic N) is 12. The van der Waals surface area contributed by atoms with Gasteiger partial charge in [-0.3, -0.25) is 100 Å². The third kappa shape index (κ3) is 39.8. The van der Waals surface area contributed by atoms with E-state index in [1.54, 1.807) is 24.9 Å². The van der Waals surface area contributed by atoms with Gasteiger partial charge in [0, 0.05) is 185 Å². The van der Waals surface area contributed by atoms with Crippen molar-refractivity contribution in [2.24, 2.45) is 23.1 Å². The van der Waals surface area contributed by atoms with Gasteiger partial charge in [-0.2, -0.15) is 13.2 Å². The van der Waals surface area contributed by atoms with Crippen molar-refractivity contribution < 1.29 is 99.0 Å². The number of carbonyl (C=O) groups excluding carboxylic acids is 14. The predicted molar refractivity (Wildman–Crippen MR) is 342 cm³/mol. The fraction of sp³-hybridized carbons (Fsp3) is 0.571. The first-order valence-electron chi connectivity index (χ1n) is 30.9. The Morgan fingerprint density at radius 1 is 0.616 bits per heavy atom. The summed E-state index contributed by atoms with van der Waals surface area (Å²) in [6.07, 6.45) is 30.7. The molecule has 2 aliphatic carbocycles. The van der Waals surface area contributed by atoms with Crippen molar-refractivity contribution in [1.29, 1.82) is 0 Å². The Bertz CT molecular complexity index is 3050. The second-order valence-corrected chi connectivity index (χ2v) is 20.6. The number of nitrogens with one attached hydrogen (secondary N) is 3. The van der Waals surface area contributed by atoms with Gasteiger partial charge >= 0.3 is 12.1 Å². The molecular formula is C63H85F5N15O16-. The Morgan fingerprint density at radius 2 is 0.990 bits per heavy atom. The monoisotopic (exact) mass is 1400 g/mol. The number of hydrogen-bond donors (Lipinski definition) is 3. The van der Waals surface area contributed by atoms with Gasteiger partial charge in [0.2, 0.25) is 41.4 Å². The number of azide groups is 1. The first kappa shape index (κ1) is 90.4. The molecule has 36 heteroatoms. The van der Waals surface area contributed by atoms with E-state index in [0.29, 0.717) is 58.3 Å². The number of hydrogen-bond acceptors (Lipinski definition) is 20. The smallest absolute Gasteiger partial charge is 0.419 e. The van der Waals surface area contributed by atoms with E-state index in [2.05, 4.69) is 63.9 Å². The second-order valence-electron chi connectivity index (χ2n) is 20.6. The Balaban J connectivity index is 0. The number of alkyl halides is 5. The van der Waals surface area contributed by atoms with E-state index in [0.717, 1.165) is 37.4 Å². The van der Waals surface area contributed by atoms with Crippen LogP contribution in [-0.4, -0.2) is 208 Å².